The average molecular weight is 462 g/mol. The van der Waals surface area contributed by atoms with E-state index in [-0.39, 0.29) is 37.0 Å². The smallest absolute Gasteiger partial charge is 0.315 e. The Morgan fingerprint density at radius 3 is 2.42 bits per heavy atom. The van der Waals surface area contributed by atoms with Crippen molar-refractivity contribution in [3.63, 3.8) is 0 Å². The standard InChI is InChI=1S/C20H35N3O7S/c24-17(5-2-1-4-16-19-15(14-31-16)22-20(27)23-19)21-7-3-8-28-10-12-30-13-11-29-9-6-18(25)26/h15-16,19H,1-14H2,(H,21,24)(H,25,26)(H2,22,23,27)/t15-,16-,19-/m0/s1. The van der Waals surface area contributed by atoms with Gasteiger partial charge in [-0.2, -0.15) is 11.8 Å². The minimum Gasteiger partial charge on any atom is -0.481 e. The number of thioether (sulfide) groups is 1. The number of amides is 3. The number of unbranched alkanes of at least 4 members (excludes halogenated alkanes) is 1. The lowest BCUT2D eigenvalue weighted by Gasteiger charge is -2.16. The van der Waals surface area contributed by atoms with Gasteiger partial charge in [0.2, 0.25) is 5.91 Å². The number of urea groups is 1. The summed E-state index contributed by atoms with van der Waals surface area (Å²) in [6.45, 7) is 3.05. The third-order valence-corrected chi connectivity index (χ3v) is 6.58. The Morgan fingerprint density at radius 1 is 0.968 bits per heavy atom. The lowest BCUT2D eigenvalue weighted by Crippen LogP contribution is -2.36. The van der Waals surface area contributed by atoms with Gasteiger partial charge in [-0.25, -0.2) is 4.79 Å². The molecule has 2 heterocycles. The molecule has 2 fully saturated rings. The van der Waals surface area contributed by atoms with E-state index in [0.717, 1.165) is 31.4 Å². The van der Waals surface area contributed by atoms with E-state index in [9.17, 15) is 14.4 Å². The summed E-state index contributed by atoms with van der Waals surface area (Å²) >= 11 is 1.90. The fourth-order valence-electron chi connectivity index (χ4n) is 3.47. The zero-order valence-corrected chi connectivity index (χ0v) is 18.8. The highest BCUT2D eigenvalue weighted by atomic mass is 32.2. The van der Waals surface area contributed by atoms with Crippen LogP contribution in [-0.2, 0) is 23.8 Å². The zero-order valence-electron chi connectivity index (χ0n) is 17.9. The van der Waals surface area contributed by atoms with Crippen LogP contribution < -0.4 is 16.0 Å². The highest BCUT2D eigenvalue weighted by Crippen LogP contribution is 2.33. The summed E-state index contributed by atoms with van der Waals surface area (Å²) in [4.78, 5) is 33.6. The summed E-state index contributed by atoms with van der Waals surface area (Å²) in [6.07, 6.45) is 4.13. The predicted octanol–water partition coefficient (Wildman–Crippen LogP) is 0.743. The van der Waals surface area contributed by atoms with E-state index in [1.807, 2.05) is 11.8 Å². The molecule has 31 heavy (non-hydrogen) atoms. The molecule has 178 valence electrons. The molecule has 0 aromatic carbocycles. The summed E-state index contributed by atoms with van der Waals surface area (Å²) < 4.78 is 15.9. The Labute approximate surface area is 187 Å². The van der Waals surface area contributed by atoms with E-state index in [1.54, 1.807) is 0 Å². The number of aliphatic carboxylic acids is 1. The van der Waals surface area contributed by atoms with Crippen molar-refractivity contribution in [3.05, 3.63) is 0 Å². The lowest BCUT2D eigenvalue weighted by molar-refractivity contribution is -0.138. The van der Waals surface area contributed by atoms with Crippen LogP contribution in [0, 0.1) is 0 Å². The number of rotatable bonds is 18. The minimum atomic E-state index is -0.874. The SMILES string of the molecule is O=C(O)CCOCCOCCOCCCNC(=O)CCCC[C@@H]1SC[C@@H]2NC(=O)N[C@@H]21. The van der Waals surface area contributed by atoms with Crippen LogP contribution in [0.25, 0.3) is 0 Å². The molecule has 3 amide bonds. The van der Waals surface area contributed by atoms with E-state index in [0.29, 0.717) is 51.2 Å². The summed E-state index contributed by atoms with van der Waals surface area (Å²) in [7, 11) is 0. The van der Waals surface area contributed by atoms with Gasteiger partial charge in [0, 0.05) is 30.6 Å². The maximum atomic E-state index is 11.9. The van der Waals surface area contributed by atoms with Crippen molar-refractivity contribution in [1.82, 2.24) is 16.0 Å². The third kappa shape index (κ3) is 11.0. The second-order valence-corrected chi connectivity index (χ2v) is 8.82. The number of hydrogen-bond acceptors (Lipinski definition) is 7. The molecule has 10 nitrogen and oxygen atoms in total. The fourth-order valence-corrected chi connectivity index (χ4v) is 5.01. The van der Waals surface area contributed by atoms with Crippen LogP contribution in [0.4, 0.5) is 4.79 Å². The van der Waals surface area contributed by atoms with Crippen molar-refractivity contribution in [2.75, 3.05) is 51.9 Å². The topological polar surface area (TPSA) is 135 Å². The molecule has 0 radical (unpaired) electrons. The Balaban J connectivity index is 1.31. The van der Waals surface area contributed by atoms with E-state index < -0.39 is 5.97 Å². The van der Waals surface area contributed by atoms with Crippen LogP contribution in [0.1, 0.15) is 38.5 Å². The maximum Gasteiger partial charge on any atom is 0.315 e. The molecule has 0 unspecified atom stereocenters. The van der Waals surface area contributed by atoms with E-state index >= 15 is 0 Å². The molecule has 11 heteroatoms. The number of hydrogen-bond donors (Lipinski definition) is 4. The van der Waals surface area contributed by atoms with Gasteiger partial charge >= 0.3 is 12.0 Å². The molecule has 0 aromatic heterocycles. The van der Waals surface area contributed by atoms with Gasteiger partial charge in [-0.1, -0.05) is 6.42 Å². The average Bonchev–Trinajstić information content (AvgIpc) is 3.28. The van der Waals surface area contributed by atoms with Crippen LogP contribution in [0.5, 0.6) is 0 Å². The van der Waals surface area contributed by atoms with Gasteiger partial charge in [-0.05, 0) is 19.3 Å². The van der Waals surface area contributed by atoms with Gasteiger partial charge in [0.25, 0.3) is 0 Å². The normalized spacial score (nSPS) is 22.1. The summed E-state index contributed by atoms with van der Waals surface area (Å²) in [5.41, 5.74) is 0. The zero-order chi connectivity index (χ0) is 22.3. The Hall–Kier alpha value is -1.56. The van der Waals surface area contributed by atoms with Gasteiger partial charge in [-0.15, -0.1) is 0 Å². The predicted molar refractivity (Wildman–Crippen MR) is 116 cm³/mol. The second kappa shape index (κ2) is 15.3. The van der Waals surface area contributed by atoms with Crippen molar-refractivity contribution in [2.45, 2.75) is 55.9 Å². The molecule has 0 saturated carbocycles. The first kappa shape index (κ1) is 25.7. The van der Waals surface area contributed by atoms with Gasteiger partial charge in [-0.3, -0.25) is 9.59 Å². The number of carboxylic acid groups (broad SMARTS) is 1. The minimum absolute atomic E-state index is 0.00111. The number of fused-ring (bicyclic) bond motifs is 1. The van der Waals surface area contributed by atoms with E-state index in [2.05, 4.69) is 16.0 Å². The quantitative estimate of drug-likeness (QED) is 0.173. The van der Waals surface area contributed by atoms with E-state index in [1.165, 1.54) is 0 Å². The molecule has 4 N–H and O–H groups in total. The van der Waals surface area contributed by atoms with Crippen molar-refractivity contribution in [2.24, 2.45) is 0 Å². The monoisotopic (exact) mass is 461 g/mol. The molecular weight excluding hydrogens is 426 g/mol. The van der Waals surface area contributed by atoms with Crippen LogP contribution >= 0.6 is 11.8 Å². The molecule has 0 spiro atoms. The maximum absolute atomic E-state index is 11.9. The first-order chi connectivity index (χ1) is 15.1. The summed E-state index contributed by atoms with van der Waals surface area (Å²) in [5, 5.41) is 17.7. The van der Waals surface area contributed by atoms with Gasteiger partial charge in [0.05, 0.1) is 51.5 Å². The number of carbonyl (C=O) groups excluding carboxylic acids is 2. The Morgan fingerprint density at radius 2 is 1.68 bits per heavy atom. The molecule has 0 aromatic rings. The molecule has 2 rings (SSSR count). The molecular formula is C20H35N3O7S. The highest BCUT2D eigenvalue weighted by molar-refractivity contribution is 8.00. The Kier molecular flexibility index (Phi) is 12.7. The fraction of sp³-hybridized carbons (Fsp3) is 0.850. The van der Waals surface area contributed by atoms with Crippen LogP contribution in [-0.4, -0.2) is 92.3 Å². The number of nitrogens with one attached hydrogen (secondary N) is 3. The van der Waals surface area contributed by atoms with Crippen LogP contribution in [0.15, 0.2) is 0 Å². The van der Waals surface area contributed by atoms with Crippen molar-refractivity contribution in [3.8, 4) is 0 Å². The van der Waals surface area contributed by atoms with Gasteiger partial charge in [0.15, 0.2) is 0 Å². The summed E-state index contributed by atoms with van der Waals surface area (Å²) in [6, 6.07) is 0.425. The van der Waals surface area contributed by atoms with Crippen molar-refractivity contribution < 1.29 is 33.7 Å². The summed E-state index contributed by atoms with van der Waals surface area (Å²) in [5.74, 6) is 0.159. The van der Waals surface area contributed by atoms with Crippen molar-refractivity contribution in [1.29, 1.82) is 0 Å². The van der Waals surface area contributed by atoms with Crippen molar-refractivity contribution >= 4 is 29.7 Å². The Bertz CT molecular complexity index is 567. The van der Waals surface area contributed by atoms with Gasteiger partial charge < -0.3 is 35.3 Å². The highest BCUT2D eigenvalue weighted by Gasteiger charge is 2.42. The molecule has 2 aliphatic rings. The molecule has 2 saturated heterocycles. The largest absolute Gasteiger partial charge is 0.481 e. The molecule has 2 aliphatic heterocycles. The first-order valence-electron chi connectivity index (χ1n) is 11.0. The number of carboxylic acids is 1. The van der Waals surface area contributed by atoms with Crippen LogP contribution in [0.3, 0.4) is 0 Å². The number of carbonyl (C=O) groups is 3. The third-order valence-electron chi connectivity index (χ3n) is 5.07. The second-order valence-electron chi connectivity index (χ2n) is 7.55. The van der Waals surface area contributed by atoms with E-state index in [4.69, 9.17) is 19.3 Å². The first-order valence-corrected chi connectivity index (χ1v) is 12.0. The molecule has 0 aliphatic carbocycles. The molecule has 3 atom stereocenters. The van der Waals surface area contributed by atoms with Gasteiger partial charge in [0.1, 0.15) is 0 Å². The number of ether oxygens (including phenoxy) is 3. The lowest BCUT2D eigenvalue weighted by atomic mass is 10.0. The molecule has 0 bridgehead atoms. The van der Waals surface area contributed by atoms with Crippen LogP contribution in [0.2, 0.25) is 0 Å².